The number of fused-ring (bicyclic) bond motifs is 1. The third-order valence-electron chi connectivity index (χ3n) is 7.48. The van der Waals surface area contributed by atoms with Gasteiger partial charge in [-0.1, -0.05) is 12.1 Å². The molecule has 4 rings (SSSR count). The molecule has 0 bridgehead atoms. The first kappa shape index (κ1) is 25.4. The number of aryl methyl sites for hydroxylation is 1. The minimum atomic E-state index is -3.93. The number of nitrogens with one attached hydrogen (secondary N) is 1. The van der Waals surface area contributed by atoms with Crippen molar-refractivity contribution >= 4 is 27.6 Å². The normalized spacial score (nSPS) is 17.1. The van der Waals surface area contributed by atoms with Gasteiger partial charge in [0.2, 0.25) is 15.9 Å². The van der Waals surface area contributed by atoms with Crippen LogP contribution >= 0.6 is 0 Å². The van der Waals surface area contributed by atoms with Gasteiger partial charge < -0.3 is 14.6 Å². The van der Waals surface area contributed by atoms with Crippen LogP contribution in [-0.2, 0) is 39.4 Å². The summed E-state index contributed by atoms with van der Waals surface area (Å²) in [4.78, 5) is 25.7. The molecule has 0 saturated carbocycles. The second kappa shape index (κ2) is 10.1. The van der Waals surface area contributed by atoms with Crippen LogP contribution < -0.4 is 5.32 Å². The van der Waals surface area contributed by atoms with Crippen molar-refractivity contribution < 1.29 is 22.7 Å². The topological polar surface area (TPSA) is 97.7 Å². The van der Waals surface area contributed by atoms with Crippen LogP contribution in [0, 0.1) is 19.8 Å². The number of ether oxygens (including phenoxy) is 1. The molecular weight excluding hydrogens is 466 g/mol. The average molecular weight is 502 g/mol. The molecule has 9 heteroatoms. The third-order valence-corrected chi connectivity index (χ3v) is 9.54. The van der Waals surface area contributed by atoms with Gasteiger partial charge in [-0.15, -0.1) is 0 Å². The Hall–Kier alpha value is -2.65. The molecule has 1 aliphatic heterocycles. The first-order valence-electron chi connectivity index (χ1n) is 12.4. The Kier molecular flexibility index (Phi) is 7.38. The van der Waals surface area contributed by atoms with Gasteiger partial charge in [0, 0.05) is 43.1 Å². The Bertz CT molecular complexity index is 1240. The van der Waals surface area contributed by atoms with Gasteiger partial charge in [0.1, 0.15) is 10.5 Å². The van der Waals surface area contributed by atoms with Crippen LogP contribution in [0.1, 0.15) is 65.5 Å². The largest absolute Gasteiger partial charge is 0.462 e. The highest BCUT2D eigenvalue weighted by Crippen LogP contribution is 2.33. The predicted molar refractivity (Wildman–Crippen MR) is 134 cm³/mol. The number of amides is 1. The molecule has 1 amide bonds. The van der Waals surface area contributed by atoms with Gasteiger partial charge >= 0.3 is 5.97 Å². The van der Waals surface area contributed by atoms with Crippen molar-refractivity contribution in [2.24, 2.45) is 13.0 Å². The molecule has 0 radical (unpaired) electrons. The Morgan fingerprint density at radius 2 is 1.77 bits per heavy atom. The molecule has 1 aromatic heterocycles. The number of carbonyl (C=O) groups is 2. The van der Waals surface area contributed by atoms with Crippen LogP contribution in [0.4, 0.5) is 5.69 Å². The van der Waals surface area contributed by atoms with Crippen molar-refractivity contribution in [3.05, 3.63) is 46.3 Å². The van der Waals surface area contributed by atoms with E-state index in [2.05, 4.69) is 11.4 Å². The van der Waals surface area contributed by atoms with Crippen LogP contribution in [0.5, 0.6) is 0 Å². The van der Waals surface area contributed by atoms with E-state index >= 15 is 0 Å². The summed E-state index contributed by atoms with van der Waals surface area (Å²) in [6, 6.07) is 6.07. The molecule has 0 spiro atoms. The van der Waals surface area contributed by atoms with Crippen molar-refractivity contribution in [2.75, 3.05) is 25.0 Å². The van der Waals surface area contributed by atoms with Gasteiger partial charge in [0.15, 0.2) is 0 Å². The maximum absolute atomic E-state index is 13.6. The van der Waals surface area contributed by atoms with Gasteiger partial charge in [0.25, 0.3) is 0 Å². The molecular formula is C26H35N3O5S. The van der Waals surface area contributed by atoms with Crippen LogP contribution in [0.15, 0.2) is 23.1 Å². The van der Waals surface area contributed by atoms with E-state index in [1.54, 1.807) is 32.4 Å². The lowest BCUT2D eigenvalue weighted by atomic mass is 9.90. The highest BCUT2D eigenvalue weighted by Gasteiger charge is 2.38. The molecule has 2 aliphatic rings. The van der Waals surface area contributed by atoms with Gasteiger partial charge in [-0.2, -0.15) is 4.31 Å². The fourth-order valence-electron chi connectivity index (χ4n) is 5.30. The van der Waals surface area contributed by atoms with Crippen LogP contribution in [0.3, 0.4) is 0 Å². The third kappa shape index (κ3) is 4.76. The molecule has 1 saturated heterocycles. The lowest BCUT2D eigenvalue weighted by Crippen LogP contribution is -2.42. The Labute approximate surface area is 207 Å². The van der Waals surface area contributed by atoms with Gasteiger partial charge in [-0.3, -0.25) is 4.79 Å². The molecule has 0 atom stereocenters. The van der Waals surface area contributed by atoms with E-state index in [0.29, 0.717) is 24.2 Å². The molecule has 8 nitrogen and oxygen atoms in total. The average Bonchev–Trinajstić information content (AvgIpc) is 3.09. The van der Waals surface area contributed by atoms with Crippen molar-refractivity contribution in [3.63, 3.8) is 0 Å². The molecule has 1 aromatic carbocycles. The highest BCUT2D eigenvalue weighted by atomic mass is 32.2. The first-order valence-corrected chi connectivity index (χ1v) is 13.9. The molecule has 35 heavy (non-hydrogen) atoms. The molecule has 1 aliphatic carbocycles. The predicted octanol–water partition coefficient (Wildman–Crippen LogP) is 3.74. The van der Waals surface area contributed by atoms with E-state index in [-0.39, 0.29) is 42.0 Å². The van der Waals surface area contributed by atoms with E-state index in [1.807, 2.05) is 12.1 Å². The maximum atomic E-state index is 13.6. The molecule has 2 aromatic rings. The maximum Gasteiger partial charge on any atom is 0.341 e. The van der Waals surface area contributed by atoms with Crippen molar-refractivity contribution in [1.29, 1.82) is 0 Å². The number of piperidine rings is 1. The number of carbonyl (C=O) groups excluding carboxylic acids is 2. The second-order valence-corrected chi connectivity index (χ2v) is 11.3. The SMILES string of the molecule is CCOC(=O)c1c(S(=O)(=O)N2CCC(C(=O)Nc3cccc4c3CCCC4)CC2)c(C)n(C)c1C. The number of hydrogen-bond donors (Lipinski definition) is 1. The zero-order chi connectivity index (χ0) is 25.3. The quantitative estimate of drug-likeness (QED) is 0.608. The summed E-state index contributed by atoms with van der Waals surface area (Å²) < 4.78 is 35.5. The summed E-state index contributed by atoms with van der Waals surface area (Å²) in [7, 11) is -2.19. The lowest BCUT2D eigenvalue weighted by molar-refractivity contribution is -0.120. The number of rotatable bonds is 6. The number of sulfonamides is 1. The Balaban J connectivity index is 1.49. The van der Waals surface area contributed by atoms with Crippen molar-refractivity contribution in [1.82, 2.24) is 8.87 Å². The minimum absolute atomic E-state index is 0.00904. The van der Waals surface area contributed by atoms with E-state index in [1.165, 1.54) is 21.9 Å². The van der Waals surface area contributed by atoms with Crippen LogP contribution in [0.25, 0.3) is 0 Å². The lowest BCUT2D eigenvalue weighted by Gasteiger charge is -2.31. The summed E-state index contributed by atoms with van der Waals surface area (Å²) in [6.45, 7) is 5.72. The molecule has 2 heterocycles. The van der Waals surface area contributed by atoms with E-state index in [9.17, 15) is 18.0 Å². The molecule has 1 N–H and O–H groups in total. The second-order valence-electron chi connectivity index (χ2n) is 9.47. The molecule has 1 fully saturated rings. The van der Waals surface area contributed by atoms with Crippen molar-refractivity contribution in [2.45, 2.75) is 64.2 Å². The van der Waals surface area contributed by atoms with E-state index in [4.69, 9.17) is 4.74 Å². The summed E-state index contributed by atoms with van der Waals surface area (Å²) in [5.74, 6) is -0.947. The summed E-state index contributed by atoms with van der Waals surface area (Å²) >= 11 is 0. The Morgan fingerprint density at radius 3 is 2.46 bits per heavy atom. The zero-order valence-electron chi connectivity index (χ0n) is 21.0. The number of nitrogens with zero attached hydrogens (tertiary/aromatic N) is 2. The fraction of sp³-hybridized carbons (Fsp3) is 0.538. The van der Waals surface area contributed by atoms with Crippen LogP contribution in [-0.4, -0.2) is 48.9 Å². The fourth-order valence-corrected chi connectivity index (χ4v) is 7.25. The number of aromatic nitrogens is 1. The molecule has 190 valence electrons. The Morgan fingerprint density at radius 1 is 1.09 bits per heavy atom. The number of esters is 1. The summed E-state index contributed by atoms with van der Waals surface area (Å²) in [5, 5.41) is 3.11. The highest BCUT2D eigenvalue weighted by molar-refractivity contribution is 7.89. The monoisotopic (exact) mass is 501 g/mol. The summed E-state index contributed by atoms with van der Waals surface area (Å²) in [6.07, 6.45) is 5.18. The van der Waals surface area contributed by atoms with Gasteiger partial charge in [-0.25, -0.2) is 13.2 Å². The summed E-state index contributed by atoms with van der Waals surface area (Å²) in [5.41, 5.74) is 4.57. The van der Waals surface area contributed by atoms with Gasteiger partial charge in [0.05, 0.1) is 6.61 Å². The zero-order valence-corrected chi connectivity index (χ0v) is 21.8. The molecule has 0 unspecified atom stereocenters. The van der Waals surface area contributed by atoms with E-state index < -0.39 is 16.0 Å². The van der Waals surface area contributed by atoms with Gasteiger partial charge in [-0.05, 0) is 76.5 Å². The number of anilines is 1. The standard InChI is InChI=1S/C26H35N3O5S/c1-5-34-26(31)23-17(2)28(4)18(3)24(23)35(32,33)29-15-13-20(14-16-29)25(30)27-22-12-8-10-19-9-6-7-11-21(19)22/h8,10,12,20H,5-7,9,11,13-16H2,1-4H3,(H,27,30). The first-order chi connectivity index (χ1) is 16.7. The smallest absolute Gasteiger partial charge is 0.341 e. The van der Waals surface area contributed by atoms with E-state index in [0.717, 1.165) is 24.9 Å². The minimum Gasteiger partial charge on any atom is -0.462 e. The van der Waals surface area contributed by atoms with Crippen molar-refractivity contribution in [3.8, 4) is 0 Å². The van der Waals surface area contributed by atoms with Crippen LogP contribution in [0.2, 0.25) is 0 Å². The number of hydrogen-bond acceptors (Lipinski definition) is 5. The number of benzene rings is 1.